The van der Waals surface area contributed by atoms with Crippen molar-refractivity contribution in [1.29, 1.82) is 0 Å². The summed E-state index contributed by atoms with van der Waals surface area (Å²) in [6.45, 7) is 0. The van der Waals surface area contributed by atoms with Gasteiger partial charge in [0.15, 0.2) is 0 Å². The van der Waals surface area contributed by atoms with Crippen molar-refractivity contribution >= 4 is 17.7 Å². The summed E-state index contributed by atoms with van der Waals surface area (Å²) in [7, 11) is 1.64. The van der Waals surface area contributed by atoms with Gasteiger partial charge in [-0.25, -0.2) is 0 Å². The molecule has 0 fully saturated rings. The molecule has 0 atom stereocenters. The second-order valence-electron chi connectivity index (χ2n) is 4.48. The van der Waals surface area contributed by atoms with Crippen molar-refractivity contribution in [1.82, 2.24) is 0 Å². The van der Waals surface area contributed by atoms with Gasteiger partial charge in [-0.3, -0.25) is 0 Å². The molecule has 0 aliphatic heterocycles. The molecule has 104 valence electrons. The number of aromatic hydroxyl groups is 1. The Balaban J connectivity index is 2.05. The molecular weight excluding hydrogens is 272 g/mol. The molecule has 0 heterocycles. The van der Waals surface area contributed by atoms with E-state index in [4.69, 9.17) is 16.3 Å². The third-order valence-corrected chi connectivity index (χ3v) is 3.34. The van der Waals surface area contributed by atoms with Crippen LogP contribution in [-0.2, 0) is 12.3 Å². The zero-order valence-corrected chi connectivity index (χ0v) is 12.1. The van der Waals surface area contributed by atoms with Crippen molar-refractivity contribution in [3.63, 3.8) is 0 Å². The summed E-state index contributed by atoms with van der Waals surface area (Å²) in [5, 5.41) is 9.22. The lowest BCUT2D eigenvalue weighted by molar-refractivity contribution is 0.411. The number of benzene rings is 2. The first-order valence-corrected chi connectivity index (χ1v) is 6.93. The molecule has 2 aromatic rings. The van der Waals surface area contributed by atoms with E-state index in [1.165, 1.54) is 0 Å². The molecule has 2 rings (SSSR count). The maximum atomic E-state index is 9.22. The predicted molar refractivity (Wildman–Crippen MR) is 83.4 cm³/mol. The van der Waals surface area contributed by atoms with Crippen molar-refractivity contribution < 1.29 is 9.84 Å². The Morgan fingerprint density at radius 1 is 1.15 bits per heavy atom. The standard InChI is InChI=1S/C17H17ClO2/c1-20-17-10-7-14(11-15(17)12-18)4-2-3-13-5-8-16(19)9-6-13/h2,4-11,19H,3,12H2,1H3/b4-2+. The highest BCUT2D eigenvalue weighted by Gasteiger charge is 2.01. The van der Waals surface area contributed by atoms with Crippen LogP contribution in [0.2, 0.25) is 0 Å². The number of phenols is 1. The van der Waals surface area contributed by atoms with E-state index >= 15 is 0 Å². The van der Waals surface area contributed by atoms with Crippen molar-refractivity contribution in [2.45, 2.75) is 12.3 Å². The highest BCUT2D eigenvalue weighted by molar-refractivity contribution is 6.17. The third kappa shape index (κ3) is 3.78. The van der Waals surface area contributed by atoms with Crippen LogP contribution >= 0.6 is 11.6 Å². The van der Waals surface area contributed by atoms with Gasteiger partial charge in [0.25, 0.3) is 0 Å². The van der Waals surface area contributed by atoms with E-state index in [0.717, 1.165) is 28.9 Å². The number of rotatable bonds is 5. The Morgan fingerprint density at radius 2 is 1.90 bits per heavy atom. The van der Waals surface area contributed by atoms with Crippen LogP contribution in [0, 0.1) is 0 Å². The van der Waals surface area contributed by atoms with Crippen molar-refractivity contribution in [2.24, 2.45) is 0 Å². The molecule has 1 N–H and O–H groups in total. The molecule has 0 aliphatic carbocycles. The molecule has 0 spiro atoms. The number of alkyl halides is 1. The molecule has 0 aromatic heterocycles. The molecule has 0 bridgehead atoms. The largest absolute Gasteiger partial charge is 0.508 e. The van der Waals surface area contributed by atoms with Crippen LogP contribution in [0.4, 0.5) is 0 Å². The first-order valence-electron chi connectivity index (χ1n) is 6.40. The van der Waals surface area contributed by atoms with E-state index in [1.807, 2.05) is 30.3 Å². The van der Waals surface area contributed by atoms with E-state index in [-0.39, 0.29) is 0 Å². The van der Waals surface area contributed by atoms with Crippen LogP contribution in [0.3, 0.4) is 0 Å². The van der Waals surface area contributed by atoms with E-state index in [2.05, 4.69) is 12.2 Å². The smallest absolute Gasteiger partial charge is 0.123 e. The Hall–Kier alpha value is -1.93. The Kier molecular flexibility index (Phi) is 5.08. The van der Waals surface area contributed by atoms with Crippen molar-refractivity contribution in [3.05, 3.63) is 65.2 Å². The topological polar surface area (TPSA) is 29.5 Å². The third-order valence-electron chi connectivity index (χ3n) is 3.05. The molecule has 20 heavy (non-hydrogen) atoms. The summed E-state index contributed by atoms with van der Waals surface area (Å²) < 4.78 is 5.24. The van der Waals surface area contributed by atoms with Crippen LogP contribution in [0.15, 0.2) is 48.5 Å². The predicted octanol–water partition coefficient (Wildman–Crippen LogP) is 4.40. The van der Waals surface area contributed by atoms with Gasteiger partial charge in [-0.2, -0.15) is 0 Å². The molecule has 0 radical (unpaired) electrons. The van der Waals surface area contributed by atoms with E-state index in [1.54, 1.807) is 19.2 Å². The number of halogens is 1. The number of allylic oxidation sites excluding steroid dienone is 1. The van der Waals surface area contributed by atoms with E-state index in [9.17, 15) is 5.11 Å². The molecule has 0 saturated carbocycles. The highest BCUT2D eigenvalue weighted by Crippen LogP contribution is 2.22. The van der Waals surface area contributed by atoms with Crippen LogP contribution in [0.5, 0.6) is 11.5 Å². The second-order valence-corrected chi connectivity index (χ2v) is 4.75. The van der Waals surface area contributed by atoms with Gasteiger partial charge in [0, 0.05) is 5.56 Å². The minimum Gasteiger partial charge on any atom is -0.508 e. The Labute approximate surface area is 124 Å². The fraction of sp³-hybridized carbons (Fsp3) is 0.176. The Morgan fingerprint density at radius 3 is 2.55 bits per heavy atom. The minimum absolute atomic E-state index is 0.291. The summed E-state index contributed by atoms with van der Waals surface area (Å²) >= 11 is 5.90. The molecule has 0 aliphatic rings. The number of hydrogen-bond donors (Lipinski definition) is 1. The van der Waals surface area contributed by atoms with Crippen LogP contribution < -0.4 is 4.74 Å². The van der Waals surface area contributed by atoms with Gasteiger partial charge in [-0.15, -0.1) is 11.6 Å². The fourth-order valence-electron chi connectivity index (χ4n) is 1.97. The summed E-state index contributed by atoms with van der Waals surface area (Å²) in [6.07, 6.45) is 4.97. The maximum Gasteiger partial charge on any atom is 0.123 e. The molecule has 0 amide bonds. The molecule has 2 aromatic carbocycles. The summed E-state index contributed by atoms with van der Waals surface area (Å²) in [4.78, 5) is 0. The van der Waals surface area contributed by atoms with Crippen molar-refractivity contribution in [3.8, 4) is 11.5 Å². The molecular formula is C17H17ClO2. The van der Waals surface area contributed by atoms with Gasteiger partial charge in [-0.1, -0.05) is 30.4 Å². The van der Waals surface area contributed by atoms with E-state index in [0.29, 0.717) is 11.6 Å². The fourth-order valence-corrected chi connectivity index (χ4v) is 2.18. The zero-order chi connectivity index (χ0) is 14.4. The van der Waals surface area contributed by atoms with Crippen LogP contribution in [0.1, 0.15) is 16.7 Å². The molecule has 0 unspecified atom stereocenters. The monoisotopic (exact) mass is 288 g/mol. The van der Waals surface area contributed by atoms with Gasteiger partial charge >= 0.3 is 0 Å². The zero-order valence-electron chi connectivity index (χ0n) is 11.3. The number of hydrogen-bond acceptors (Lipinski definition) is 2. The minimum atomic E-state index is 0.291. The molecule has 0 saturated heterocycles. The van der Waals surface area contributed by atoms with Gasteiger partial charge in [-0.05, 0) is 41.8 Å². The Bertz CT molecular complexity index is 588. The lowest BCUT2D eigenvalue weighted by Crippen LogP contribution is -1.89. The lowest BCUT2D eigenvalue weighted by Gasteiger charge is -2.06. The normalized spacial score (nSPS) is 10.9. The second kappa shape index (κ2) is 7.01. The number of phenolic OH excluding ortho intramolecular Hbond substituents is 1. The summed E-state index contributed by atoms with van der Waals surface area (Å²) in [5.74, 6) is 1.54. The average molecular weight is 289 g/mol. The van der Waals surface area contributed by atoms with Gasteiger partial charge in [0.1, 0.15) is 11.5 Å². The average Bonchev–Trinajstić information content (AvgIpc) is 2.49. The first kappa shape index (κ1) is 14.5. The highest BCUT2D eigenvalue weighted by atomic mass is 35.5. The maximum absolute atomic E-state index is 9.22. The summed E-state index contributed by atoms with van der Waals surface area (Å²) in [5.41, 5.74) is 3.24. The number of methoxy groups -OCH3 is 1. The lowest BCUT2D eigenvalue weighted by atomic mass is 10.1. The molecule has 3 heteroatoms. The summed E-state index contributed by atoms with van der Waals surface area (Å²) in [6, 6.07) is 13.2. The number of ether oxygens (including phenoxy) is 1. The van der Waals surface area contributed by atoms with Crippen LogP contribution in [-0.4, -0.2) is 12.2 Å². The molecule has 2 nitrogen and oxygen atoms in total. The van der Waals surface area contributed by atoms with E-state index < -0.39 is 0 Å². The van der Waals surface area contributed by atoms with Crippen molar-refractivity contribution in [2.75, 3.05) is 7.11 Å². The van der Waals surface area contributed by atoms with Gasteiger partial charge in [0.05, 0.1) is 13.0 Å². The van der Waals surface area contributed by atoms with Gasteiger partial charge in [0.2, 0.25) is 0 Å². The SMILES string of the molecule is COc1ccc(/C=C/Cc2ccc(O)cc2)cc1CCl. The first-order chi connectivity index (χ1) is 9.72. The van der Waals surface area contributed by atoms with Gasteiger partial charge < -0.3 is 9.84 Å². The van der Waals surface area contributed by atoms with Crippen LogP contribution in [0.25, 0.3) is 6.08 Å². The quantitative estimate of drug-likeness (QED) is 0.827.